The lowest BCUT2D eigenvalue weighted by molar-refractivity contribution is 0.0645. The van der Waals surface area contributed by atoms with Crippen LogP contribution in [0.15, 0.2) is 42.5 Å². The molecule has 2 aromatic rings. The minimum absolute atomic E-state index is 0.276. The number of β-amino-alcohol motifs (C(OH)–C–C–N with tert-alkyl or cyclic N) is 1. The number of hydrogen-bond acceptors (Lipinski definition) is 5. The molecule has 1 aliphatic rings. The number of aliphatic hydroxyl groups is 1. The summed E-state index contributed by atoms with van der Waals surface area (Å²) >= 11 is 0. The Labute approximate surface area is 187 Å². The van der Waals surface area contributed by atoms with Crippen molar-refractivity contribution >= 4 is 0 Å². The van der Waals surface area contributed by atoms with Gasteiger partial charge in [-0.3, -0.25) is 0 Å². The third kappa shape index (κ3) is 8.17. The molecule has 0 spiro atoms. The van der Waals surface area contributed by atoms with Gasteiger partial charge in [-0.2, -0.15) is 0 Å². The van der Waals surface area contributed by atoms with Crippen molar-refractivity contribution in [3.8, 4) is 11.5 Å². The summed E-state index contributed by atoms with van der Waals surface area (Å²) in [5.74, 6) is 1.38. The molecule has 0 amide bonds. The van der Waals surface area contributed by atoms with Crippen LogP contribution in [0.2, 0.25) is 0 Å². The number of aryl methyl sites for hydroxylation is 1. The van der Waals surface area contributed by atoms with Crippen molar-refractivity contribution in [3.63, 3.8) is 0 Å². The quantitative estimate of drug-likeness (QED) is 0.593. The summed E-state index contributed by atoms with van der Waals surface area (Å²) in [6.07, 6.45) is 5.89. The molecule has 1 fully saturated rings. The Morgan fingerprint density at radius 2 is 1.65 bits per heavy atom. The van der Waals surface area contributed by atoms with Gasteiger partial charge in [-0.1, -0.05) is 55.2 Å². The molecule has 1 saturated heterocycles. The summed E-state index contributed by atoms with van der Waals surface area (Å²) in [6.45, 7) is 6.78. The number of benzene rings is 2. The van der Waals surface area contributed by atoms with E-state index in [1.807, 2.05) is 18.2 Å². The Kier molecular flexibility index (Phi) is 9.66. The number of ether oxygens (including phenoxy) is 2. The van der Waals surface area contributed by atoms with Crippen LogP contribution in [0.4, 0.5) is 0 Å². The first-order valence-electron chi connectivity index (χ1n) is 11.6. The maximum Gasteiger partial charge on any atom is 0.161 e. The predicted molar refractivity (Wildman–Crippen MR) is 126 cm³/mol. The van der Waals surface area contributed by atoms with Crippen LogP contribution in [0.5, 0.6) is 11.5 Å². The van der Waals surface area contributed by atoms with E-state index in [0.29, 0.717) is 18.0 Å². The highest BCUT2D eigenvalue weighted by Crippen LogP contribution is 2.28. The molecule has 170 valence electrons. The maximum atomic E-state index is 10.5. The standard InChI is InChI=1S/C26H38N2O3/c1-21-9-8-10-22(15-21)17-27-18-23-11-12-25(26(16-23)30-2)31-20-24(29)19-28-13-6-4-3-5-7-14-28/h8-12,15-16,24,27,29H,3-7,13-14,17-20H2,1-2H3. The summed E-state index contributed by atoms with van der Waals surface area (Å²) in [7, 11) is 1.66. The summed E-state index contributed by atoms with van der Waals surface area (Å²) in [5, 5.41) is 13.9. The van der Waals surface area contributed by atoms with E-state index in [1.165, 1.54) is 43.2 Å². The van der Waals surface area contributed by atoms with Crippen molar-refractivity contribution in [1.29, 1.82) is 0 Å². The fourth-order valence-electron chi connectivity index (χ4n) is 4.15. The molecule has 1 unspecified atom stereocenters. The van der Waals surface area contributed by atoms with Gasteiger partial charge in [0.1, 0.15) is 12.7 Å². The minimum Gasteiger partial charge on any atom is -0.493 e. The van der Waals surface area contributed by atoms with E-state index in [2.05, 4.69) is 41.4 Å². The topological polar surface area (TPSA) is 54.0 Å². The Bertz CT molecular complexity index is 788. The summed E-state index contributed by atoms with van der Waals surface area (Å²) in [4.78, 5) is 2.37. The molecule has 0 bridgehead atoms. The largest absolute Gasteiger partial charge is 0.493 e. The molecule has 5 heteroatoms. The van der Waals surface area contributed by atoms with Gasteiger partial charge in [-0.05, 0) is 56.1 Å². The van der Waals surface area contributed by atoms with Crippen LogP contribution in [0.25, 0.3) is 0 Å². The molecular formula is C26H38N2O3. The normalized spacial score (nSPS) is 16.4. The molecule has 1 heterocycles. The molecule has 1 atom stereocenters. The van der Waals surface area contributed by atoms with Crippen molar-refractivity contribution in [3.05, 3.63) is 59.2 Å². The summed E-state index contributed by atoms with van der Waals surface area (Å²) < 4.78 is 11.4. The molecule has 0 aliphatic carbocycles. The summed E-state index contributed by atoms with van der Waals surface area (Å²) in [6, 6.07) is 14.5. The number of nitrogens with zero attached hydrogens (tertiary/aromatic N) is 1. The molecule has 2 aromatic carbocycles. The SMILES string of the molecule is COc1cc(CNCc2cccc(C)c2)ccc1OCC(O)CN1CCCCCCC1. The Balaban J connectivity index is 1.46. The third-order valence-electron chi connectivity index (χ3n) is 5.82. The monoisotopic (exact) mass is 426 g/mol. The molecule has 3 rings (SSSR count). The van der Waals surface area contributed by atoms with E-state index >= 15 is 0 Å². The molecular weight excluding hydrogens is 388 g/mol. The first-order chi connectivity index (χ1) is 15.1. The number of hydrogen-bond donors (Lipinski definition) is 2. The second-order valence-electron chi connectivity index (χ2n) is 8.61. The second-order valence-corrected chi connectivity index (χ2v) is 8.61. The van der Waals surface area contributed by atoms with E-state index in [0.717, 1.165) is 31.7 Å². The van der Waals surface area contributed by atoms with E-state index in [-0.39, 0.29) is 6.61 Å². The molecule has 0 radical (unpaired) electrons. The highest BCUT2D eigenvalue weighted by Gasteiger charge is 2.15. The first-order valence-corrected chi connectivity index (χ1v) is 11.6. The van der Waals surface area contributed by atoms with Crippen LogP contribution in [0, 0.1) is 6.92 Å². The zero-order chi connectivity index (χ0) is 21.9. The van der Waals surface area contributed by atoms with Crippen molar-refractivity contribution < 1.29 is 14.6 Å². The Morgan fingerprint density at radius 3 is 2.35 bits per heavy atom. The Morgan fingerprint density at radius 1 is 0.935 bits per heavy atom. The van der Waals surface area contributed by atoms with Gasteiger partial charge < -0.3 is 24.8 Å². The van der Waals surface area contributed by atoms with Crippen molar-refractivity contribution in [2.75, 3.05) is 33.4 Å². The molecule has 5 nitrogen and oxygen atoms in total. The van der Waals surface area contributed by atoms with E-state index < -0.39 is 6.10 Å². The van der Waals surface area contributed by atoms with Gasteiger partial charge >= 0.3 is 0 Å². The lowest BCUT2D eigenvalue weighted by Gasteiger charge is -2.26. The van der Waals surface area contributed by atoms with Gasteiger partial charge in [0.25, 0.3) is 0 Å². The van der Waals surface area contributed by atoms with E-state index in [1.54, 1.807) is 7.11 Å². The van der Waals surface area contributed by atoms with Crippen molar-refractivity contribution in [2.45, 2.75) is 58.2 Å². The molecule has 1 aliphatic heterocycles. The van der Waals surface area contributed by atoms with Crippen molar-refractivity contribution in [1.82, 2.24) is 10.2 Å². The predicted octanol–water partition coefficient (Wildman–Crippen LogP) is 4.30. The molecule has 2 N–H and O–H groups in total. The highest BCUT2D eigenvalue weighted by atomic mass is 16.5. The van der Waals surface area contributed by atoms with Crippen molar-refractivity contribution in [2.24, 2.45) is 0 Å². The fourth-order valence-corrected chi connectivity index (χ4v) is 4.15. The Hall–Kier alpha value is -2.08. The van der Waals surface area contributed by atoms with Gasteiger partial charge in [0.05, 0.1) is 7.11 Å². The lowest BCUT2D eigenvalue weighted by atomic mass is 10.1. The average Bonchev–Trinajstić information content (AvgIpc) is 2.74. The van der Waals surface area contributed by atoms with Crippen LogP contribution >= 0.6 is 0 Å². The van der Waals surface area contributed by atoms with Gasteiger partial charge in [0, 0.05) is 19.6 Å². The highest BCUT2D eigenvalue weighted by molar-refractivity contribution is 5.43. The molecule has 0 aromatic heterocycles. The first kappa shape index (κ1) is 23.6. The van der Waals surface area contributed by atoms with Crippen LogP contribution in [-0.2, 0) is 13.1 Å². The van der Waals surface area contributed by atoms with Crippen LogP contribution < -0.4 is 14.8 Å². The number of methoxy groups -OCH3 is 1. The smallest absolute Gasteiger partial charge is 0.161 e. The second kappa shape index (κ2) is 12.7. The lowest BCUT2D eigenvalue weighted by Crippen LogP contribution is -2.37. The minimum atomic E-state index is -0.500. The van der Waals surface area contributed by atoms with Crippen LogP contribution in [0.1, 0.15) is 48.8 Å². The molecule has 0 saturated carbocycles. The number of rotatable bonds is 10. The average molecular weight is 427 g/mol. The van der Waals surface area contributed by atoms with Gasteiger partial charge in [0.15, 0.2) is 11.5 Å². The van der Waals surface area contributed by atoms with Crippen LogP contribution in [0.3, 0.4) is 0 Å². The van der Waals surface area contributed by atoms with E-state index in [9.17, 15) is 5.11 Å². The molecule has 31 heavy (non-hydrogen) atoms. The maximum absolute atomic E-state index is 10.5. The van der Waals surface area contributed by atoms with Gasteiger partial charge in [-0.15, -0.1) is 0 Å². The third-order valence-corrected chi connectivity index (χ3v) is 5.82. The van der Waals surface area contributed by atoms with E-state index in [4.69, 9.17) is 9.47 Å². The number of aliphatic hydroxyl groups excluding tert-OH is 1. The fraction of sp³-hybridized carbons (Fsp3) is 0.538. The van der Waals surface area contributed by atoms with Gasteiger partial charge in [-0.25, -0.2) is 0 Å². The number of nitrogens with one attached hydrogen (secondary N) is 1. The summed E-state index contributed by atoms with van der Waals surface area (Å²) in [5.41, 5.74) is 3.69. The van der Waals surface area contributed by atoms with Crippen LogP contribution in [-0.4, -0.2) is 49.5 Å². The number of likely N-dealkylation sites (tertiary alicyclic amines) is 1. The zero-order valence-corrected chi connectivity index (χ0v) is 19.1. The van der Waals surface area contributed by atoms with Gasteiger partial charge in [0.2, 0.25) is 0 Å². The zero-order valence-electron chi connectivity index (χ0n) is 19.1.